The van der Waals surface area contributed by atoms with E-state index in [1.807, 2.05) is 6.07 Å². The van der Waals surface area contributed by atoms with Gasteiger partial charge in [0.15, 0.2) is 24.2 Å². The molecule has 7 heteroatoms. The van der Waals surface area contributed by atoms with Gasteiger partial charge in [-0.05, 0) is 48.1 Å². The van der Waals surface area contributed by atoms with Crippen molar-refractivity contribution in [3.05, 3.63) is 41.6 Å². The molecule has 3 aromatic rings. The topological polar surface area (TPSA) is 63.8 Å². The lowest BCUT2D eigenvalue weighted by molar-refractivity contribution is -0.686. The molecule has 3 heterocycles. The molecule has 5 rings (SSSR count). The molecule has 2 N–H and O–H groups in total. The second-order valence-corrected chi connectivity index (χ2v) is 8.83. The number of ether oxygens (including phenoxy) is 3. The van der Waals surface area contributed by atoms with Crippen LogP contribution in [0.5, 0.6) is 17.2 Å². The van der Waals surface area contributed by atoms with E-state index in [1.54, 1.807) is 7.11 Å². The standard InChI is InChI=1S/C27H32N2O4.ClH/c1-3-4-5-6-7-20-19-8-9-23(31-2)26(28-11-13-30)22(19)16-29-12-10-18-14-24-25(33-17-32-24)15-21(18)27(20)29;/h8-9,14-16,30H,3-7,10-13,17H2,1-2H3;1H. The van der Waals surface area contributed by atoms with Crippen molar-refractivity contribution in [2.24, 2.45) is 0 Å². The van der Waals surface area contributed by atoms with Crippen molar-refractivity contribution in [2.45, 2.75) is 52.0 Å². The molecule has 0 aliphatic carbocycles. The minimum absolute atomic E-state index is 0. The average molecular weight is 485 g/mol. The van der Waals surface area contributed by atoms with Crippen molar-refractivity contribution in [3.8, 4) is 28.5 Å². The zero-order valence-electron chi connectivity index (χ0n) is 20.0. The highest BCUT2D eigenvalue weighted by Crippen LogP contribution is 2.43. The van der Waals surface area contributed by atoms with E-state index in [1.165, 1.54) is 47.0 Å². The predicted molar refractivity (Wildman–Crippen MR) is 129 cm³/mol. The number of aryl methyl sites for hydroxylation is 3. The number of methoxy groups -OCH3 is 1. The molecular weight excluding hydrogens is 452 g/mol. The van der Waals surface area contributed by atoms with Crippen LogP contribution in [-0.4, -0.2) is 32.2 Å². The van der Waals surface area contributed by atoms with Gasteiger partial charge in [0, 0.05) is 18.5 Å². The Labute approximate surface area is 207 Å². The van der Waals surface area contributed by atoms with E-state index in [0.29, 0.717) is 13.3 Å². The first-order chi connectivity index (χ1) is 16.2. The van der Waals surface area contributed by atoms with Crippen LogP contribution in [0.15, 0.2) is 30.5 Å². The predicted octanol–water partition coefficient (Wildman–Crippen LogP) is 1.62. The molecule has 0 atom stereocenters. The van der Waals surface area contributed by atoms with Crippen LogP contribution in [0, 0.1) is 0 Å². The van der Waals surface area contributed by atoms with Crippen LogP contribution in [0.2, 0.25) is 0 Å². The number of unbranched alkanes of at least 4 members (excludes halogenated alkanes) is 3. The molecule has 0 radical (unpaired) electrons. The van der Waals surface area contributed by atoms with Crippen LogP contribution in [0.25, 0.3) is 22.0 Å². The molecule has 1 aromatic heterocycles. The summed E-state index contributed by atoms with van der Waals surface area (Å²) in [6, 6.07) is 8.56. The largest absolute Gasteiger partial charge is 1.00 e. The molecule has 2 aliphatic heterocycles. The van der Waals surface area contributed by atoms with E-state index in [2.05, 4.69) is 41.2 Å². The Morgan fingerprint density at radius 2 is 1.91 bits per heavy atom. The fraction of sp³-hybridized carbons (Fsp3) is 0.444. The van der Waals surface area contributed by atoms with E-state index in [0.717, 1.165) is 54.1 Å². The lowest BCUT2D eigenvalue weighted by Gasteiger charge is -2.21. The van der Waals surface area contributed by atoms with Crippen LogP contribution in [0.1, 0.15) is 43.7 Å². The summed E-state index contributed by atoms with van der Waals surface area (Å²) in [6.45, 7) is 4.01. The summed E-state index contributed by atoms with van der Waals surface area (Å²) in [4.78, 5) is 0. The molecule has 0 saturated carbocycles. The van der Waals surface area contributed by atoms with Gasteiger partial charge >= 0.3 is 0 Å². The van der Waals surface area contributed by atoms with E-state index in [-0.39, 0.29) is 19.0 Å². The first-order valence-electron chi connectivity index (χ1n) is 12.1. The highest BCUT2D eigenvalue weighted by atomic mass is 35.5. The van der Waals surface area contributed by atoms with Crippen molar-refractivity contribution in [1.29, 1.82) is 0 Å². The van der Waals surface area contributed by atoms with Gasteiger partial charge in [-0.1, -0.05) is 26.2 Å². The Morgan fingerprint density at radius 3 is 2.68 bits per heavy atom. The summed E-state index contributed by atoms with van der Waals surface area (Å²) in [6.07, 6.45) is 9.08. The highest BCUT2D eigenvalue weighted by Gasteiger charge is 2.31. The van der Waals surface area contributed by atoms with Crippen molar-refractivity contribution < 1.29 is 36.3 Å². The van der Waals surface area contributed by atoms with E-state index < -0.39 is 0 Å². The van der Waals surface area contributed by atoms with Crippen molar-refractivity contribution in [2.75, 3.05) is 32.4 Å². The maximum atomic E-state index is 9.43. The summed E-state index contributed by atoms with van der Waals surface area (Å²) in [5.74, 6) is 2.49. The number of pyridine rings is 1. The zero-order chi connectivity index (χ0) is 22.8. The molecular formula is C27H33ClN2O4. The summed E-state index contributed by atoms with van der Waals surface area (Å²) >= 11 is 0. The van der Waals surface area contributed by atoms with Crippen LogP contribution in [0.4, 0.5) is 5.69 Å². The number of fused-ring (bicyclic) bond motifs is 5. The minimum Gasteiger partial charge on any atom is -1.00 e. The number of nitrogens with one attached hydrogen (secondary N) is 1. The fourth-order valence-electron chi connectivity index (χ4n) is 5.18. The van der Waals surface area contributed by atoms with Gasteiger partial charge in [-0.2, -0.15) is 4.57 Å². The number of rotatable bonds is 9. The number of nitrogens with zero attached hydrogens (tertiary/aromatic N) is 1. The molecule has 0 fully saturated rings. The van der Waals surface area contributed by atoms with E-state index in [4.69, 9.17) is 14.2 Å². The summed E-state index contributed by atoms with van der Waals surface area (Å²) in [5, 5.41) is 15.2. The fourth-order valence-corrected chi connectivity index (χ4v) is 5.18. The van der Waals surface area contributed by atoms with E-state index >= 15 is 0 Å². The summed E-state index contributed by atoms with van der Waals surface area (Å²) in [7, 11) is 1.70. The zero-order valence-corrected chi connectivity index (χ0v) is 20.7. The quantitative estimate of drug-likeness (QED) is 0.357. The monoisotopic (exact) mass is 484 g/mol. The smallest absolute Gasteiger partial charge is 0.231 e. The highest BCUT2D eigenvalue weighted by molar-refractivity contribution is 6.00. The molecule has 34 heavy (non-hydrogen) atoms. The first-order valence-corrected chi connectivity index (χ1v) is 12.1. The van der Waals surface area contributed by atoms with Crippen molar-refractivity contribution >= 4 is 16.5 Å². The van der Waals surface area contributed by atoms with Gasteiger partial charge in [-0.15, -0.1) is 0 Å². The van der Waals surface area contributed by atoms with Gasteiger partial charge in [0.2, 0.25) is 12.5 Å². The van der Waals surface area contributed by atoms with Gasteiger partial charge < -0.3 is 37.0 Å². The third kappa shape index (κ3) is 4.37. The van der Waals surface area contributed by atoms with Gasteiger partial charge in [0.05, 0.1) is 30.4 Å². The molecule has 0 amide bonds. The van der Waals surface area contributed by atoms with Crippen LogP contribution >= 0.6 is 0 Å². The maximum Gasteiger partial charge on any atom is 0.231 e. The molecule has 0 bridgehead atoms. The Bertz CT molecular complexity index is 1180. The van der Waals surface area contributed by atoms with E-state index in [9.17, 15) is 5.11 Å². The number of halogens is 1. The Balaban J connectivity index is 0.00000274. The van der Waals surface area contributed by atoms with Crippen LogP contribution < -0.4 is 36.5 Å². The average Bonchev–Trinajstić information content (AvgIpc) is 3.30. The Hall–Kier alpha value is -2.70. The van der Waals surface area contributed by atoms with Gasteiger partial charge in [-0.25, -0.2) is 0 Å². The lowest BCUT2D eigenvalue weighted by atomic mass is 9.89. The lowest BCUT2D eigenvalue weighted by Crippen LogP contribution is -3.00. The second-order valence-electron chi connectivity index (χ2n) is 8.83. The number of aliphatic hydroxyl groups excluding tert-OH is 1. The number of benzene rings is 2. The Morgan fingerprint density at radius 1 is 1.09 bits per heavy atom. The summed E-state index contributed by atoms with van der Waals surface area (Å²) in [5.41, 5.74) is 6.18. The van der Waals surface area contributed by atoms with Crippen LogP contribution in [0.3, 0.4) is 0 Å². The number of hydrogen-bond acceptors (Lipinski definition) is 5. The second kappa shape index (κ2) is 10.7. The SMILES string of the molecule is CCCCCCc1c2[n+](cc3c(NCCO)c(OC)ccc13)CCc1cc3c(cc1-2)OCO3.[Cl-]. The molecule has 0 unspecified atom stereocenters. The Kier molecular flexibility index (Phi) is 7.69. The van der Waals surface area contributed by atoms with Gasteiger partial charge in [-0.3, -0.25) is 0 Å². The molecule has 2 aliphatic rings. The summed E-state index contributed by atoms with van der Waals surface area (Å²) < 4.78 is 19.4. The number of anilines is 1. The molecule has 182 valence electrons. The third-order valence-corrected chi connectivity index (χ3v) is 6.78. The van der Waals surface area contributed by atoms with Crippen molar-refractivity contribution in [1.82, 2.24) is 0 Å². The number of hydrogen-bond donors (Lipinski definition) is 2. The van der Waals surface area contributed by atoms with Crippen LogP contribution in [-0.2, 0) is 19.4 Å². The number of aliphatic hydroxyl groups is 1. The normalized spacial score (nSPS) is 13.3. The molecule has 6 nitrogen and oxygen atoms in total. The van der Waals surface area contributed by atoms with Gasteiger partial charge in [0.25, 0.3) is 0 Å². The van der Waals surface area contributed by atoms with Crippen molar-refractivity contribution in [3.63, 3.8) is 0 Å². The van der Waals surface area contributed by atoms with Gasteiger partial charge in [0.1, 0.15) is 5.75 Å². The first kappa shape index (κ1) is 24.4. The molecule has 0 saturated heterocycles. The molecule has 2 aromatic carbocycles. The third-order valence-electron chi connectivity index (χ3n) is 6.78. The molecule has 0 spiro atoms. The minimum atomic E-state index is 0. The number of aromatic nitrogens is 1. The maximum absolute atomic E-state index is 9.43.